The summed E-state index contributed by atoms with van der Waals surface area (Å²) >= 11 is 3.40. The number of sulfonamides is 1. The molecule has 0 bridgehead atoms. The van der Waals surface area contributed by atoms with Gasteiger partial charge in [-0.1, -0.05) is 47.1 Å². The average Bonchev–Trinajstić information content (AvgIpc) is 3.03. The third-order valence-corrected chi connectivity index (χ3v) is 5.71. The van der Waals surface area contributed by atoms with Gasteiger partial charge in [0.1, 0.15) is 0 Å². The Morgan fingerprint density at radius 3 is 2.32 bits per heavy atom. The predicted octanol–water partition coefficient (Wildman–Crippen LogP) is 4.06. The minimum Gasteiger partial charge on any atom is -0.276 e. The molecule has 1 N–H and O–H groups in total. The normalized spacial score (nSPS) is 11.4. The molecule has 7 heteroatoms. The molecule has 1 heterocycles. The van der Waals surface area contributed by atoms with Crippen LogP contribution in [0, 0.1) is 0 Å². The van der Waals surface area contributed by atoms with E-state index in [1.54, 1.807) is 23.0 Å². The molecule has 0 fully saturated rings. The van der Waals surface area contributed by atoms with Gasteiger partial charge in [0.25, 0.3) is 10.0 Å². The first-order chi connectivity index (χ1) is 12.0. The molecule has 0 radical (unpaired) electrons. The van der Waals surface area contributed by atoms with Crippen molar-refractivity contribution in [3.63, 3.8) is 0 Å². The molecule has 130 valence electrons. The smallest absolute Gasteiger partial charge is 0.261 e. The maximum absolute atomic E-state index is 12.5. The lowest BCUT2D eigenvalue weighted by Crippen LogP contribution is -2.12. The van der Waals surface area contributed by atoms with E-state index in [2.05, 4.69) is 25.8 Å². The summed E-state index contributed by atoms with van der Waals surface area (Å²) in [7, 11) is -3.61. The van der Waals surface area contributed by atoms with Crippen LogP contribution in [0.4, 0.5) is 5.69 Å². The van der Waals surface area contributed by atoms with E-state index in [1.807, 2.05) is 43.3 Å². The van der Waals surface area contributed by atoms with Gasteiger partial charge in [0.15, 0.2) is 0 Å². The van der Waals surface area contributed by atoms with Crippen molar-refractivity contribution >= 4 is 31.6 Å². The molecule has 1 aromatic heterocycles. The van der Waals surface area contributed by atoms with E-state index in [1.165, 1.54) is 6.20 Å². The third kappa shape index (κ3) is 4.49. The maximum atomic E-state index is 12.5. The van der Waals surface area contributed by atoms with Gasteiger partial charge in [-0.05, 0) is 41.8 Å². The van der Waals surface area contributed by atoms with E-state index in [4.69, 9.17) is 0 Å². The van der Waals surface area contributed by atoms with Crippen molar-refractivity contribution in [2.75, 3.05) is 4.72 Å². The van der Waals surface area contributed by atoms with Gasteiger partial charge in [0, 0.05) is 10.7 Å². The summed E-state index contributed by atoms with van der Waals surface area (Å²) in [6.45, 7) is 2.60. The van der Waals surface area contributed by atoms with Crippen LogP contribution in [0.25, 0.3) is 0 Å². The Hall–Kier alpha value is -2.12. The molecule has 3 aromatic rings. The number of anilines is 1. The van der Waals surface area contributed by atoms with E-state index in [0.29, 0.717) is 12.2 Å². The molecule has 0 amide bonds. The van der Waals surface area contributed by atoms with Gasteiger partial charge in [-0.25, -0.2) is 8.42 Å². The maximum Gasteiger partial charge on any atom is 0.261 e. The Balaban J connectivity index is 1.72. The highest BCUT2D eigenvalue weighted by Crippen LogP contribution is 2.17. The molecule has 0 aliphatic heterocycles. The highest BCUT2D eigenvalue weighted by Gasteiger charge is 2.15. The third-order valence-electron chi connectivity index (χ3n) is 3.79. The SMILES string of the molecule is CCc1ccc(S(=O)(=O)Nc2cnn(Cc3ccc(Br)cc3)c2)cc1. The second-order valence-corrected chi connectivity index (χ2v) is 8.25. The van der Waals surface area contributed by atoms with Crippen LogP contribution < -0.4 is 4.72 Å². The molecule has 0 atom stereocenters. The van der Waals surface area contributed by atoms with Crippen LogP contribution in [0.15, 0.2) is 70.3 Å². The van der Waals surface area contributed by atoms with E-state index in [-0.39, 0.29) is 4.90 Å². The van der Waals surface area contributed by atoms with E-state index >= 15 is 0 Å². The number of nitrogens with zero attached hydrogens (tertiary/aromatic N) is 2. The van der Waals surface area contributed by atoms with E-state index in [9.17, 15) is 8.42 Å². The van der Waals surface area contributed by atoms with Crippen LogP contribution in [0.2, 0.25) is 0 Å². The number of hydrogen-bond acceptors (Lipinski definition) is 3. The lowest BCUT2D eigenvalue weighted by Gasteiger charge is -2.06. The highest BCUT2D eigenvalue weighted by atomic mass is 79.9. The molecule has 0 saturated heterocycles. The van der Waals surface area contributed by atoms with Gasteiger partial charge in [-0.2, -0.15) is 5.10 Å². The second kappa shape index (κ2) is 7.41. The van der Waals surface area contributed by atoms with Crippen molar-refractivity contribution in [1.82, 2.24) is 9.78 Å². The molecule has 0 spiro atoms. The predicted molar refractivity (Wildman–Crippen MR) is 102 cm³/mol. The standard InChI is InChI=1S/C18H18BrN3O2S/c1-2-14-5-9-18(10-6-14)25(23,24)21-17-11-20-22(13-17)12-15-3-7-16(19)8-4-15/h3-11,13,21H,2,12H2,1H3. The molecule has 25 heavy (non-hydrogen) atoms. The van der Waals surface area contributed by atoms with Crippen molar-refractivity contribution in [2.24, 2.45) is 0 Å². The Kier molecular flexibility index (Phi) is 5.24. The van der Waals surface area contributed by atoms with Crippen LogP contribution >= 0.6 is 15.9 Å². The first kappa shape index (κ1) is 17.7. The quantitative estimate of drug-likeness (QED) is 0.654. The van der Waals surface area contributed by atoms with Crippen molar-refractivity contribution < 1.29 is 8.42 Å². The molecule has 2 aromatic carbocycles. The van der Waals surface area contributed by atoms with Crippen molar-refractivity contribution in [2.45, 2.75) is 24.8 Å². The number of benzene rings is 2. The summed E-state index contributed by atoms with van der Waals surface area (Å²) in [4.78, 5) is 0.241. The first-order valence-corrected chi connectivity index (χ1v) is 10.1. The number of halogens is 1. The Labute approximate surface area is 155 Å². The molecule has 3 rings (SSSR count). The summed E-state index contributed by atoms with van der Waals surface area (Å²) < 4.78 is 30.2. The lowest BCUT2D eigenvalue weighted by atomic mass is 10.2. The van der Waals surface area contributed by atoms with E-state index < -0.39 is 10.0 Å². The van der Waals surface area contributed by atoms with Gasteiger partial charge < -0.3 is 0 Å². The zero-order chi connectivity index (χ0) is 17.9. The van der Waals surface area contributed by atoms with Crippen molar-refractivity contribution in [1.29, 1.82) is 0 Å². The summed E-state index contributed by atoms with van der Waals surface area (Å²) in [5, 5.41) is 4.22. The number of rotatable bonds is 6. The molecule has 5 nitrogen and oxygen atoms in total. The fourth-order valence-electron chi connectivity index (χ4n) is 2.40. The number of nitrogens with one attached hydrogen (secondary N) is 1. The molecule has 0 saturated carbocycles. The van der Waals surface area contributed by atoms with Crippen LogP contribution in [0.3, 0.4) is 0 Å². The fourth-order valence-corrected chi connectivity index (χ4v) is 3.69. The number of aromatic nitrogens is 2. The monoisotopic (exact) mass is 419 g/mol. The Morgan fingerprint density at radius 1 is 1.04 bits per heavy atom. The molecule has 0 aliphatic rings. The summed E-state index contributed by atoms with van der Waals surface area (Å²) in [5.41, 5.74) is 2.62. The summed E-state index contributed by atoms with van der Waals surface area (Å²) in [6.07, 6.45) is 4.06. The summed E-state index contributed by atoms with van der Waals surface area (Å²) in [5.74, 6) is 0. The van der Waals surface area contributed by atoms with Gasteiger partial charge in [0.05, 0.1) is 23.3 Å². The fraction of sp³-hybridized carbons (Fsp3) is 0.167. The van der Waals surface area contributed by atoms with Gasteiger partial charge >= 0.3 is 0 Å². The van der Waals surface area contributed by atoms with Gasteiger partial charge in [-0.15, -0.1) is 0 Å². The number of hydrogen-bond donors (Lipinski definition) is 1. The largest absolute Gasteiger partial charge is 0.276 e. The topological polar surface area (TPSA) is 64.0 Å². The average molecular weight is 420 g/mol. The van der Waals surface area contributed by atoms with Crippen LogP contribution in [0.5, 0.6) is 0 Å². The van der Waals surface area contributed by atoms with Gasteiger partial charge in [0.2, 0.25) is 0 Å². The molecule has 0 aliphatic carbocycles. The zero-order valence-electron chi connectivity index (χ0n) is 13.7. The second-order valence-electron chi connectivity index (χ2n) is 5.66. The molecular formula is C18H18BrN3O2S. The van der Waals surface area contributed by atoms with Gasteiger partial charge in [-0.3, -0.25) is 9.40 Å². The van der Waals surface area contributed by atoms with Crippen molar-refractivity contribution in [3.8, 4) is 0 Å². The molecule has 0 unspecified atom stereocenters. The minimum absolute atomic E-state index is 0.241. The highest BCUT2D eigenvalue weighted by molar-refractivity contribution is 9.10. The molecular weight excluding hydrogens is 402 g/mol. The minimum atomic E-state index is -3.61. The van der Waals surface area contributed by atoms with Crippen LogP contribution in [-0.4, -0.2) is 18.2 Å². The van der Waals surface area contributed by atoms with Crippen molar-refractivity contribution in [3.05, 3.63) is 76.5 Å². The number of aryl methyl sites for hydroxylation is 1. The Morgan fingerprint density at radius 2 is 1.68 bits per heavy atom. The van der Waals surface area contributed by atoms with Crippen LogP contribution in [-0.2, 0) is 23.0 Å². The first-order valence-electron chi connectivity index (χ1n) is 7.85. The van der Waals surface area contributed by atoms with Crippen LogP contribution in [0.1, 0.15) is 18.1 Å². The lowest BCUT2D eigenvalue weighted by molar-refractivity contribution is 0.601. The Bertz CT molecular complexity index is 949. The zero-order valence-corrected chi connectivity index (χ0v) is 16.1. The van der Waals surface area contributed by atoms with E-state index in [0.717, 1.165) is 22.0 Å². The summed E-state index contributed by atoms with van der Waals surface area (Å²) in [6, 6.07) is 14.8.